The van der Waals surface area contributed by atoms with E-state index < -0.39 is 0 Å². The Kier molecular flexibility index (Phi) is 6.24. The Hall–Kier alpha value is -3.02. The number of benzene rings is 2. The van der Waals surface area contributed by atoms with Gasteiger partial charge in [0.1, 0.15) is 5.01 Å². The van der Waals surface area contributed by atoms with Gasteiger partial charge in [-0.15, -0.1) is 11.3 Å². The summed E-state index contributed by atoms with van der Waals surface area (Å²) >= 11 is 7.46. The van der Waals surface area contributed by atoms with Gasteiger partial charge in [-0.3, -0.25) is 14.2 Å². The van der Waals surface area contributed by atoms with Gasteiger partial charge in [0.05, 0.1) is 16.9 Å². The normalized spacial score (nSPS) is 13.2. The SMILES string of the molecule is CCc1cccc(CC)c1-n1c2c(cc(-c3nc(-c4ccc(Cl)cc4)cs3)c1=O)C(=O)CCC2. The lowest BCUT2D eigenvalue weighted by Crippen LogP contribution is -2.30. The van der Waals surface area contributed by atoms with E-state index in [4.69, 9.17) is 16.6 Å². The summed E-state index contributed by atoms with van der Waals surface area (Å²) in [7, 11) is 0. The molecule has 0 aliphatic heterocycles. The Morgan fingerprint density at radius 3 is 2.35 bits per heavy atom. The Labute approximate surface area is 207 Å². The van der Waals surface area contributed by atoms with Crippen molar-refractivity contribution >= 4 is 28.7 Å². The number of pyridine rings is 1. The van der Waals surface area contributed by atoms with Gasteiger partial charge in [-0.25, -0.2) is 4.98 Å². The molecule has 1 aliphatic carbocycles. The largest absolute Gasteiger partial charge is 0.294 e. The van der Waals surface area contributed by atoms with E-state index in [1.165, 1.54) is 11.3 Å². The molecule has 0 fully saturated rings. The molecule has 6 heteroatoms. The number of carbonyl (C=O) groups is 1. The average Bonchev–Trinajstić information content (AvgIpc) is 3.34. The van der Waals surface area contributed by atoms with Gasteiger partial charge < -0.3 is 0 Å². The van der Waals surface area contributed by atoms with Crippen LogP contribution in [-0.4, -0.2) is 15.3 Å². The van der Waals surface area contributed by atoms with Crippen LogP contribution in [-0.2, 0) is 19.3 Å². The predicted octanol–water partition coefficient (Wildman–Crippen LogP) is 6.93. The van der Waals surface area contributed by atoms with Crippen molar-refractivity contribution in [3.8, 4) is 27.5 Å². The second-order valence-corrected chi connectivity index (χ2v) is 9.81. The smallest absolute Gasteiger partial charge is 0.265 e. The Morgan fingerprint density at radius 2 is 1.68 bits per heavy atom. The number of carbonyl (C=O) groups excluding carboxylic acids is 1. The molecule has 2 aromatic carbocycles. The summed E-state index contributed by atoms with van der Waals surface area (Å²) in [6.45, 7) is 4.20. The summed E-state index contributed by atoms with van der Waals surface area (Å²) in [5.41, 5.74) is 6.72. The highest BCUT2D eigenvalue weighted by Gasteiger charge is 2.27. The maximum Gasteiger partial charge on any atom is 0.265 e. The number of fused-ring (bicyclic) bond motifs is 1. The van der Waals surface area contributed by atoms with Crippen LogP contribution >= 0.6 is 22.9 Å². The number of hydrogen-bond donors (Lipinski definition) is 0. The van der Waals surface area contributed by atoms with Crippen molar-refractivity contribution in [3.63, 3.8) is 0 Å². The van der Waals surface area contributed by atoms with Crippen molar-refractivity contribution in [2.24, 2.45) is 0 Å². The van der Waals surface area contributed by atoms with E-state index in [0.29, 0.717) is 34.0 Å². The minimum atomic E-state index is -0.110. The molecule has 1 aliphatic rings. The maximum absolute atomic E-state index is 14.1. The molecule has 0 spiro atoms. The fourth-order valence-electron chi connectivity index (χ4n) is 4.73. The number of nitrogens with zero attached hydrogens (tertiary/aromatic N) is 2. The molecular formula is C28H25ClN2O2S. The molecule has 172 valence electrons. The van der Waals surface area contributed by atoms with Gasteiger partial charge in [-0.2, -0.15) is 0 Å². The van der Waals surface area contributed by atoms with E-state index in [2.05, 4.69) is 26.0 Å². The van der Waals surface area contributed by atoms with Gasteiger partial charge in [-0.1, -0.05) is 55.8 Å². The van der Waals surface area contributed by atoms with Crippen LogP contribution in [0.4, 0.5) is 0 Å². The third kappa shape index (κ3) is 3.93. The van der Waals surface area contributed by atoms with E-state index in [1.54, 1.807) is 6.07 Å². The number of aromatic nitrogens is 2. The van der Waals surface area contributed by atoms with Gasteiger partial charge in [0.25, 0.3) is 5.56 Å². The van der Waals surface area contributed by atoms with Crippen molar-refractivity contribution < 1.29 is 4.79 Å². The molecule has 0 saturated heterocycles. The van der Waals surface area contributed by atoms with Crippen LogP contribution in [0.3, 0.4) is 0 Å². The first-order valence-electron chi connectivity index (χ1n) is 11.7. The molecule has 2 aromatic heterocycles. The quantitative estimate of drug-likeness (QED) is 0.306. The highest BCUT2D eigenvalue weighted by atomic mass is 35.5. The number of hydrogen-bond acceptors (Lipinski definition) is 4. The molecule has 0 amide bonds. The van der Waals surface area contributed by atoms with Crippen LogP contribution in [0, 0.1) is 0 Å². The van der Waals surface area contributed by atoms with Crippen LogP contribution < -0.4 is 5.56 Å². The van der Waals surface area contributed by atoms with Gasteiger partial charge >= 0.3 is 0 Å². The standard InChI is InChI=1S/C28H25ClN2O2S/c1-3-17-7-5-8-18(4-2)26(17)31-24-9-6-10-25(32)21(24)15-22(28(31)33)27-30-23(16-34-27)19-11-13-20(29)14-12-19/h5,7-8,11-16H,3-4,6,9-10H2,1-2H3. The summed E-state index contributed by atoms with van der Waals surface area (Å²) in [4.78, 5) is 31.8. The summed E-state index contributed by atoms with van der Waals surface area (Å²) in [5.74, 6) is 0.0951. The summed E-state index contributed by atoms with van der Waals surface area (Å²) in [6, 6.07) is 15.5. The van der Waals surface area contributed by atoms with Crippen molar-refractivity contribution in [2.75, 3.05) is 0 Å². The van der Waals surface area contributed by atoms with E-state index in [9.17, 15) is 9.59 Å². The molecule has 0 radical (unpaired) electrons. The van der Waals surface area contributed by atoms with E-state index in [0.717, 1.165) is 53.0 Å². The van der Waals surface area contributed by atoms with Crippen LogP contribution in [0.25, 0.3) is 27.5 Å². The zero-order valence-corrected chi connectivity index (χ0v) is 20.8. The Balaban J connectivity index is 1.76. The molecule has 0 N–H and O–H groups in total. The van der Waals surface area contributed by atoms with Crippen molar-refractivity contribution in [1.29, 1.82) is 0 Å². The lowest BCUT2D eigenvalue weighted by atomic mass is 9.92. The molecule has 4 nitrogen and oxygen atoms in total. The Morgan fingerprint density at radius 1 is 0.971 bits per heavy atom. The van der Waals surface area contributed by atoms with Crippen molar-refractivity contribution in [2.45, 2.75) is 46.0 Å². The summed E-state index contributed by atoms with van der Waals surface area (Å²) in [5, 5.41) is 3.23. The number of ketones is 1. The lowest BCUT2D eigenvalue weighted by molar-refractivity contribution is 0.0971. The zero-order valence-electron chi connectivity index (χ0n) is 19.2. The first-order chi connectivity index (χ1) is 16.5. The number of rotatable bonds is 5. The number of Topliss-reactive ketones (excluding diaryl/α,β-unsaturated/α-hetero) is 1. The molecule has 0 unspecified atom stereocenters. The second-order valence-electron chi connectivity index (χ2n) is 8.51. The van der Waals surface area contributed by atoms with Gasteiger partial charge in [0.15, 0.2) is 5.78 Å². The zero-order chi connectivity index (χ0) is 23.8. The van der Waals surface area contributed by atoms with E-state index >= 15 is 0 Å². The first-order valence-corrected chi connectivity index (χ1v) is 12.9. The van der Waals surface area contributed by atoms with Gasteiger partial charge in [0, 0.05) is 33.6 Å². The van der Waals surface area contributed by atoms with Gasteiger partial charge in [0.2, 0.25) is 0 Å². The summed E-state index contributed by atoms with van der Waals surface area (Å²) < 4.78 is 1.82. The van der Waals surface area contributed by atoms with Crippen molar-refractivity contribution in [1.82, 2.24) is 9.55 Å². The molecule has 4 aromatic rings. The third-order valence-electron chi connectivity index (χ3n) is 6.48. The third-order valence-corrected chi connectivity index (χ3v) is 7.61. The topological polar surface area (TPSA) is 52.0 Å². The maximum atomic E-state index is 14.1. The molecule has 0 bridgehead atoms. The van der Waals surface area contributed by atoms with Crippen molar-refractivity contribution in [3.05, 3.63) is 91.7 Å². The Bertz CT molecular complexity index is 1430. The number of halogens is 1. The summed E-state index contributed by atoms with van der Waals surface area (Å²) in [6.07, 6.45) is 3.60. The van der Waals surface area contributed by atoms with Crippen LogP contribution in [0.2, 0.25) is 5.02 Å². The highest BCUT2D eigenvalue weighted by Crippen LogP contribution is 2.33. The molecule has 5 rings (SSSR count). The fourth-order valence-corrected chi connectivity index (χ4v) is 5.70. The van der Waals surface area contributed by atoms with Crippen LogP contribution in [0.15, 0.2) is 58.7 Å². The van der Waals surface area contributed by atoms with Crippen LogP contribution in [0.1, 0.15) is 53.9 Å². The van der Waals surface area contributed by atoms with E-state index in [-0.39, 0.29) is 11.3 Å². The number of para-hydroxylation sites is 1. The average molecular weight is 489 g/mol. The second kappa shape index (κ2) is 9.32. The molecule has 34 heavy (non-hydrogen) atoms. The molecule has 0 atom stereocenters. The van der Waals surface area contributed by atoms with E-state index in [1.807, 2.05) is 40.3 Å². The lowest BCUT2D eigenvalue weighted by Gasteiger charge is -2.24. The predicted molar refractivity (Wildman–Crippen MR) is 140 cm³/mol. The molecule has 0 saturated carbocycles. The molecular weight excluding hydrogens is 464 g/mol. The van der Waals surface area contributed by atoms with Crippen LogP contribution in [0.5, 0.6) is 0 Å². The van der Waals surface area contributed by atoms with Gasteiger partial charge in [-0.05, 0) is 55.0 Å². The number of aryl methyl sites for hydroxylation is 2. The number of thiazole rings is 1. The first kappa shape index (κ1) is 22.8. The fraction of sp³-hybridized carbons (Fsp3) is 0.250. The minimum Gasteiger partial charge on any atom is -0.294 e. The highest BCUT2D eigenvalue weighted by molar-refractivity contribution is 7.13. The monoisotopic (exact) mass is 488 g/mol. The molecule has 2 heterocycles. The minimum absolute atomic E-state index is 0.0951.